The van der Waals surface area contributed by atoms with Crippen molar-refractivity contribution in [3.8, 4) is 0 Å². The van der Waals surface area contributed by atoms with Gasteiger partial charge in [-0.25, -0.2) is 9.59 Å². The maximum atomic E-state index is 12.0. The predicted octanol–water partition coefficient (Wildman–Crippen LogP) is 1.41. The summed E-state index contributed by atoms with van der Waals surface area (Å²) in [6.07, 6.45) is 1.61. The SMILES string of the molecule is C=CCN(CC)C(=O)N(C)C(C)(C)C(=O)O. The predicted molar refractivity (Wildman–Crippen MR) is 62.3 cm³/mol. The van der Waals surface area contributed by atoms with Gasteiger partial charge in [-0.15, -0.1) is 6.58 Å². The van der Waals surface area contributed by atoms with Gasteiger partial charge < -0.3 is 14.9 Å². The molecule has 0 unspecified atom stereocenters. The summed E-state index contributed by atoms with van der Waals surface area (Å²) in [5, 5.41) is 9.01. The topological polar surface area (TPSA) is 60.9 Å². The van der Waals surface area contributed by atoms with Crippen molar-refractivity contribution in [2.75, 3.05) is 20.1 Å². The first kappa shape index (κ1) is 14.5. The highest BCUT2D eigenvalue weighted by molar-refractivity contribution is 5.85. The van der Waals surface area contributed by atoms with Crippen molar-refractivity contribution in [2.24, 2.45) is 0 Å². The molecule has 5 nitrogen and oxygen atoms in total. The Balaban J connectivity index is 4.83. The summed E-state index contributed by atoms with van der Waals surface area (Å²) in [6, 6.07) is -0.310. The Morgan fingerprint density at radius 3 is 2.25 bits per heavy atom. The van der Waals surface area contributed by atoms with Crippen LogP contribution in [0.2, 0.25) is 0 Å². The van der Waals surface area contributed by atoms with Gasteiger partial charge in [0.1, 0.15) is 5.54 Å². The Bertz CT molecular complexity index is 287. The summed E-state index contributed by atoms with van der Waals surface area (Å²) in [4.78, 5) is 25.7. The van der Waals surface area contributed by atoms with E-state index in [-0.39, 0.29) is 6.03 Å². The number of hydrogen-bond donors (Lipinski definition) is 1. The molecule has 0 saturated heterocycles. The highest BCUT2D eigenvalue weighted by Gasteiger charge is 2.36. The quantitative estimate of drug-likeness (QED) is 0.724. The van der Waals surface area contributed by atoms with Crippen LogP contribution in [0.3, 0.4) is 0 Å². The molecule has 0 bridgehead atoms. The first-order valence-corrected chi connectivity index (χ1v) is 5.16. The van der Waals surface area contributed by atoms with E-state index in [0.717, 1.165) is 0 Å². The van der Waals surface area contributed by atoms with Crippen LogP contribution in [0.25, 0.3) is 0 Å². The lowest BCUT2D eigenvalue weighted by Crippen LogP contribution is -2.55. The van der Waals surface area contributed by atoms with E-state index in [9.17, 15) is 9.59 Å². The highest BCUT2D eigenvalue weighted by atomic mass is 16.4. The Morgan fingerprint density at radius 1 is 1.44 bits per heavy atom. The molecule has 0 aliphatic heterocycles. The van der Waals surface area contributed by atoms with Crippen molar-refractivity contribution < 1.29 is 14.7 Å². The Morgan fingerprint density at radius 2 is 1.94 bits per heavy atom. The summed E-state index contributed by atoms with van der Waals surface area (Å²) < 4.78 is 0. The minimum atomic E-state index is -1.22. The zero-order valence-electron chi connectivity index (χ0n) is 10.4. The summed E-state index contributed by atoms with van der Waals surface area (Å²) in [5.41, 5.74) is -1.22. The third kappa shape index (κ3) is 2.98. The number of likely N-dealkylation sites (N-methyl/N-ethyl adjacent to an activating group) is 2. The third-order valence-corrected chi connectivity index (χ3v) is 2.65. The fourth-order valence-corrected chi connectivity index (χ4v) is 1.09. The van der Waals surface area contributed by atoms with Crippen LogP contribution in [0, 0.1) is 0 Å². The molecule has 1 N–H and O–H groups in total. The van der Waals surface area contributed by atoms with Crippen molar-refractivity contribution in [3.05, 3.63) is 12.7 Å². The first-order chi connectivity index (χ1) is 7.28. The molecule has 0 rings (SSSR count). The lowest BCUT2D eigenvalue weighted by molar-refractivity contribution is -0.147. The third-order valence-electron chi connectivity index (χ3n) is 2.65. The van der Waals surface area contributed by atoms with Crippen LogP contribution in [-0.4, -0.2) is 52.6 Å². The molecule has 2 amide bonds. The molecular weight excluding hydrogens is 208 g/mol. The second-order valence-electron chi connectivity index (χ2n) is 4.03. The standard InChI is InChI=1S/C11H20N2O3/c1-6-8-13(7-2)10(16)12(5)11(3,4)9(14)15/h6H,1,7-8H2,2-5H3,(H,14,15). The maximum Gasteiger partial charge on any atom is 0.329 e. The Hall–Kier alpha value is -1.52. The van der Waals surface area contributed by atoms with Crippen molar-refractivity contribution in [1.82, 2.24) is 9.80 Å². The zero-order chi connectivity index (χ0) is 12.9. The second kappa shape index (κ2) is 5.53. The van der Waals surface area contributed by atoms with Gasteiger partial charge in [0.25, 0.3) is 0 Å². The van der Waals surface area contributed by atoms with Crippen LogP contribution >= 0.6 is 0 Å². The van der Waals surface area contributed by atoms with E-state index < -0.39 is 11.5 Å². The van der Waals surface area contributed by atoms with Crippen molar-refractivity contribution in [2.45, 2.75) is 26.3 Å². The molecule has 0 fully saturated rings. The second-order valence-corrected chi connectivity index (χ2v) is 4.03. The van der Waals surface area contributed by atoms with E-state index in [1.165, 1.54) is 30.7 Å². The van der Waals surface area contributed by atoms with Gasteiger partial charge in [0.2, 0.25) is 0 Å². The van der Waals surface area contributed by atoms with Crippen LogP contribution in [0.4, 0.5) is 4.79 Å². The van der Waals surface area contributed by atoms with Gasteiger partial charge in [-0.3, -0.25) is 0 Å². The molecule has 0 aliphatic rings. The minimum absolute atomic E-state index is 0.310. The van der Waals surface area contributed by atoms with Crippen LogP contribution in [-0.2, 0) is 4.79 Å². The van der Waals surface area contributed by atoms with E-state index in [1.807, 2.05) is 6.92 Å². The molecule has 0 atom stereocenters. The van der Waals surface area contributed by atoms with Crippen LogP contribution in [0.15, 0.2) is 12.7 Å². The normalized spacial score (nSPS) is 10.8. The number of rotatable bonds is 5. The van der Waals surface area contributed by atoms with Crippen LogP contribution in [0.1, 0.15) is 20.8 Å². The van der Waals surface area contributed by atoms with E-state index in [1.54, 1.807) is 6.08 Å². The number of carboxylic acid groups (broad SMARTS) is 1. The molecular formula is C11H20N2O3. The Kier molecular flexibility index (Phi) is 5.01. The fraction of sp³-hybridized carbons (Fsp3) is 0.636. The number of urea groups is 1. The van der Waals surface area contributed by atoms with Gasteiger partial charge in [-0.2, -0.15) is 0 Å². The molecule has 0 heterocycles. The lowest BCUT2D eigenvalue weighted by atomic mass is 10.0. The van der Waals surface area contributed by atoms with Crippen LogP contribution < -0.4 is 0 Å². The molecule has 0 saturated carbocycles. The van der Waals surface area contributed by atoms with Crippen LogP contribution in [0.5, 0.6) is 0 Å². The molecule has 0 radical (unpaired) electrons. The van der Waals surface area contributed by atoms with E-state index >= 15 is 0 Å². The number of nitrogens with zero attached hydrogens (tertiary/aromatic N) is 2. The van der Waals surface area contributed by atoms with Gasteiger partial charge in [-0.1, -0.05) is 6.08 Å². The summed E-state index contributed by atoms with van der Waals surface area (Å²) in [6.45, 7) is 9.32. The molecule has 0 aromatic carbocycles. The maximum absolute atomic E-state index is 12.0. The Labute approximate surface area is 96.3 Å². The number of carboxylic acids is 1. The van der Waals surface area contributed by atoms with Crippen molar-refractivity contribution in [3.63, 3.8) is 0 Å². The van der Waals surface area contributed by atoms with E-state index in [0.29, 0.717) is 13.1 Å². The highest BCUT2D eigenvalue weighted by Crippen LogP contribution is 2.14. The summed E-state index contributed by atoms with van der Waals surface area (Å²) in [5.74, 6) is -1.03. The molecule has 5 heteroatoms. The average Bonchev–Trinajstić information content (AvgIpc) is 2.23. The van der Waals surface area contributed by atoms with Gasteiger partial charge >= 0.3 is 12.0 Å². The monoisotopic (exact) mass is 228 g/mol. The first-order valence-electron chi connectivity index (χ1n) is 5.16. The zero-order valence-corrected chi connectivity index (χ0v) is 10.4. The van der Waals surface area contributed by atoms with Gasteiger partial charge in [0, 0.05) is 20.1 Å². The van der Waals surface area contributed by atoms with E-state index in [2.05, 4.69) is 6.58 Å². The van der Waals surface area contributed by atoms with Crippen molar-refractivity contribution >= 4 is 12.0 Å². The molecule has 0 aromatic rings. The average molecular weight is 228 g/mol. The van der Waals surface area contributed by atoms with Gasteiger partial charge in [0.15, 0.2) is 0 Å². The van der Waals surface area contributed by atoms with Gasteiger partial charge in [0.05, 0.1) is 0 Å². The van der Waals surface area contributed by atoms with E-state index in [4.69, 9.17) is 5.11 Å². The number of aliphatic carboxylic acids is 1. The largest absolute Gasteiger partial charge is 0.480 e. The smallest absolute Gasteiger partial charge is 0.329 e. The molecule has 0 spiro atoms. The number of carbonyl (C=O) groups excluding carboxylic acids is 1. The molecule has 16 heavy (non-hydrogen) atoms. The number of hydrogen-bond acceptors (Lipinski definition) is 2. The van der Waals surface area contributed by atoms with Crippen molar-refractivity contribution in [1.29, 1.82) is 0 Å². The summed E-state index contributed by atoms with van der Waals surface area (Å²) >= 11 is 0. The number of amides is 2. The molecule has 0 aliphatic carbocycles. The van der Waals surface area contributed by atoms with Gasteiger partial charge in [-0.05, 0) is 20.8 Å². The molecule has 92 valence electrons. The number of carbonyl (C=O) groups is 2. The summed E-state index contributed by atoms with van der Waals surface area (Å²) in [7, 11) is 1.49. The lowest BCUT2D eigenvalue weighted by Gasteiger charge is -2.35. The minimum Gasteiger partial charge on any atom is -0.480 e. The fourth-order valence-electron chi connectivity index (χ4n) is 1.09. The molecule has 0 aromatic heterocycles.